The van der Waals surface area contributed by atoms with Crippen molar-refractivity contribution in [2.45, 2.75) is 17.9 Å². The molecule has 2 aromatic carbocycles. The Morgan fingerprint density at radius 2 is 1.88 bits per heavy atom. The van der Waals surface area contributed by atoms with Gasteiger partial charge in [-0.2, -0.15) is 0 Å². The van der Waals surface area contributed by atoms with Crippen LogP contribution >= 0.6 is 23.2 Å². The minimum Gasteiger partial charge on any atom is -0.495 e. The number of amides is 1. The molecule has 0 saturated carbocycles. The predicted octanol–water partition coefficient (Wildman–Crippen LogP) is 3.94. The van der Waals surface area contributed by atoms with E-state index >= 15 is 0 Å². The monoisotopic (exact) mass is 401 g/mol. The van der Waals surface area contributed by atoms with Crippen LogP contribution in [0.25, 0.3) is 0 Å². The number of para-hydroxylation sites is 2. The summed E-state index contributed by atoms with van der Waals surface area (Å²) in [5.74, 6) is -0.556. The lowest BCUT2D eigenvalue weighted by atomic mass is 10.2. The summed E-state index contributed by atoms with van der Waals surface area (Å²) in [4.78, 5) is 12.4. The fourth-order valence-electron chi connectivity index (χ4n) is 2.13. The summed E-state index contributed by atoms with van der Waals surface area (Å²) in [5, 5.41) is 1.97. The highest BCUT2D eigenvalue weighted by Gasteiger charge is 2.29. The van der Waals surface area contributed by atoms with Gasteiger partial charge in [-0.15, -0.1) is 0 Å². The summed E-state index contributed by atoms with van der Waals surface area (Å²) in [5.41, 5.74) is 0.796. The molecule has 2 rings (SSSR count). The number of hydrogen-bond acceptors (Lipinski definition) is 4. The first kappa shape index (κ1) is 19.6. The maximum absolute atomic E-state index is 12.5. The molecule has 2 aromatic rings. The fraction of sp³-hybridized carbons (Fsp3) is 0.235. The van der Waals surface area contributed by atoms with Crippen LogP contribution in [0, 0.1) is 0 Å². The van der Waals surface area contributed by atoms with Gasteiger partial charge in [0.1, 0.15) is 11.0 Å². The van der Waals surface area contributed by atoms with E-state index in [2.05, 4.69) is 5.32 Å². The Hall–Kier alpha value is -1.76. The molecule has 0 saturated heterocycles. The van der Waals surface area contributed by atoms with Crippen LogP contribution in [0.4, 0.5) is 5.69 Å². The van der Waals surface area contributed by atoms with Gasteiger partial charge in [-0.25, -0.2) is 8.42 Å². The summed E-state index contributed by atoms with van der Waals surface area (Å²) in [6.07, 6.45) is 0. The van der Waals surface area contributed by atoms with E-state index < -0.39 is 21.0 Å². The Balaban J connectivity index is 2.17. The number of anilines is 1. The lowest BCUT2D eigenvalue weighted by molar-refractivity contribution is -0.115. The third-order valence-corrected chi connectivity index (χ3v) is 6.24. The molecule has 8 heteroatoms. The SMILES string of the molecule is COc1ccccc1NC(=O)C(C)S(=O)(=O)Cc1ccc(Cl)cc1Cl. The Bertz CT molecular complexity index is 884. The van der Waals surface area contributed by atoms with E-state index in [1.165, 1.54) is 26.2 Å². The zero-order valence-corrected chi connectivity index (χ0v) is 16.0. The molecule has 5 nitrogen and oxygen atoms in total. The Labute approximate surface area is 156 Å². The minimum atomic E-state index is -3.77. The van der Waals surface area contributed by atoms with E-state index in [1.807, 2.05) is 0 Å². The maximum atomic E-state index is 12.5. The largest absolute Gasteiger partial charge is 0.495 e. The Morgan fingerprint density at radius 3 is 2.52 bits per heavy atom. The van der Waals surface area contributed by atoms with Crippen LogP contribution in [0.2, 0.25) is 10.0 Å². The molecule has 0 spiro atoms. The van der Waals surface area contributed by atoms with Crippen molar-refractivity contribution in [3.8, 4) is 5.75 Å². The second-order valence-corrected chi connectivity index (χ2v) is 8.54. The normalized spacial score (nSPS) is 12.5. The van der Waals surface area contributed by atoms with Crippen LogP contribution in [0.1, 0.15) is 12.5 Å². The summed E-state index contributed by atoms with van der Waals surface area (Å²) in [6.45, 7) is 1.34. The second-order valence-electron chi connectivity index (χ2n) is 5.37. The van der Waals surface area contributed by atoms with Gasteiger partial charge < -0.3 is 10.1 Å². The maximum Gasteiger partial charge on any atom is 0.242 e. The van der Waals surface area contributed by atoms with Crippen molar-refractivity contribution in [3.05, 3.63) is 58.1 Å². The Morgan fingerprint density at radius 1 is 1.20 bits per heavy atom. The molecule has 1 amide bonds. The first-order valence-corrected chi connectivity index (χ1v) is 9.81. The molecule has 0 aliphatic heterocycles. The van der Waals surface area contributed by atoms with Crippen LogP contribution in [0.15, 0.2) is 42.5 Å². The van der Waals surface area contributed by atoms with Gasteiger partial charge in [0.15, 0.2) is 9.84 Å². The van der Waals surface area contributed by atoms with E-state index in [0.29, 0.717) is 22.0 Å². The van der Waals surface area contributed by atoms with Gasteiger partial charge in [-0.3, -0.25) is 4.79 Å². The number of ether oxygens (including phenoxy) is 1. The van der Waals surface area contributed by atoms with Gasteiger partial charge in [0.25, 0.3) is 0 Å². The topological polar surface area (TPSA) is 72.5 Å². The van der Waals surface area contributed by atoms with Crippen molar-refractivity contribution in [1.29, 1.82) is 0 Å². The highest BCUT2D eigenvalue weighted by Crippen LogP contribution is 2.26. The number of carbonyl (C=O) groups is 1. The van der Waals surface area contributed by atoms with Gasteiger partial charge in [0, 0.05) is 10.0 Å². The lowest BCUT2D eigenvalue weighted by Gasteiger charge is -2.15. The molecule has 1 unspecified atom stereocenters. The van der Waals surface area contributed by atoms with Gasteiger partial charge >= 0.3 is 0 Å². The van der Waals surface area contributed by atoms with Gasteiger partial charge in [0.2, 0.25) is 5.91 Å². The average molecular weight is 402 g/mol. The molecule has 0 radical (unpaired) electrons. The number of benzene rings is 2. The summed E-state index contributed by atoms with van der Waals surface area (Å²) in [7, 11) is -2.30. The molecule has 0 aliphatic rings. The molecule has 0 fully saturated rings. The lowest BCUT2D eigenvalue weighted by Crippen LogP contribution is -2.33. The molecule has 0 aliphatic carbocycles. The number of methoxy groups -OCH3 is 1. The quantitative estimate of drug-likeness (QED) is 0.795. The van der Waals surface area contributed by atoms with Crippen LogP contribution in [-0.2, 0) is 20.4 Å². The Kier molecular flexibility index (Phi) is 6.32. The van der Waals surface area contributed by atoms with E-state index in [-0.39, 0.29) is 10.8 Å². The van der Waals surface area contributed by atoms with E-state index in [9.17, 15) is 13.2 Å². The van der Waals surface area contributed by atoms with Gasteiger partial charge in [-0.1, -0.05) is 41.4 Å². The van der Waals surface area contributed by atoms with Crippen molar-refractivity contribution in [3.63, 3.8) is 0 Å². The van der Waals surface area contributed by atoms with Crippen molar-refractivity contribution in [1.82, 2.24) is 0 Å². The summed E-state index contributed by atoms with van der Waals surface area (Å²) >= 11 is 11.8. The molecule has 25 heavy (non-hydrogen) atoms. The first-order valence-electron chi connectivity index (χ1n) is 7.34. The smallest absolute Gasteiger partial charge is 0.242 e. The number of nitrogens with one attached hydrogen (secondary N) is 1. The van der Waals surface area contributed by atoms with E-state index in [4.69, 9.17) is 27.9 Å². The number of halogens is 2. The molecule has 1 atom stereocenters. The molecule has 134 valence electrons. The molecule has 1 N–H and O–H groups in total. The van der Waals surface area contributed by atoms with Crippen molar-refractivity contribution in [2.24, 2.45) is 0 Å². The third-order valence-electron chi connectivity index (χ3n) is 3.64. The van der Waals surface area contributed by atoms with Gasteiger partial charge in [0.05, 0.1) is 18.6 Å². The van der Waals surface area contributed by atoms with Gasteiger partial charge in [-0.05, 0) is 36.8 Å². The number of carbonyl (C=O) groups excluding carboxylic acids is 1. The third kappa shape index (κ3) is 4.87. The predicted molar refractivity (Wildman–Crippen MR) is 100 cm³/mol. The number of rotatable bonds is 6. The highest BCUT2D eigenvalue weighted by atomic mass is 35.5. The van der Waals surface area contributed by atoms with Crippen LogP contribution < -0.4 is 10.1 Å². The standard InChI is InChI=1S/C17H17Cl2NO4S/c1-11(17(21)20-15-5-3-4-6-16(15)24-2)25(22,23)10-12-7-8-13(18)9-14(12)19/h3-9,11H,10H2,1-2H3,(H,20,21). The summed E-state index contributed by atoms with van der Waals surface area (Å²) < 4.78 is 30.2. The van der Waals surface area contributed by atoms with Crippen LogP contribution in [0.5, 0.6) is 5.75 Å². The molecule has 0 heterocycles. The van der Waals surface area contributed by atoms with Crippen molar-refractivity contribution >= 4 is 44.6 Å². The molecular weight excluding hydrogens is 385 g/mol. The van der Waals surface area contributed by atoms with Crippen LogP contribution in [0.3, 0.4) is 0 Å². The number of hydrogen-bond donors (Lipinski definition) is 1. The first-order chi connectivity index (χ1) is 11.7. The van der Waals surface area contributed by atoms with Crippen LogP contribution in [-0.4, -0.2) is 26.7 Å². The molecule has 0 aromatic heterocycles. The fourth-order valence-corrected chi connectivity index (χ4v) is 4.00. The zero-order chi connectivity index (χ0) is 18.6. The molecule has 0 bridgehead atoms. The van der Waals surface area contributed by atoms with Crippen molar-refractivity contribution in [2.75, 3.05) is 12.4 Å². The number of sulfone groups is 1. The zero-order valence-electron chi connectivity index (χ0n) is 13.6. The molecular formula is C17H17Cl2NO4S. The van der Waals surface area contributed by atoms with Crippen molar-refractivity contribution < 1.29 is 17.9 Å². The minimum absolute atomic E-state index is 0.244. The van der Waals surface area contributed by atoms with E-state index in [1.54, 1.807) is 30.3 Å². The average Bonchev–Trinajstić information content (AvgIpc) is 2.57. The highest BCUT2D eigenvalue weighted by molar-refractivity contribution is 7.92. The second kappa shape index (κ2) is 8.08. The van der Waals surface area contributed by atoms with E-state index in [0.717, 1.165) is 0 Å². The summed E-state index contributed by atoms with van der Waals surface area (Å²) in [6, 6.07) is 11.3.